The zero-order chi connectivity index (χ0) is 11.8. The van der Waals surface area contributed by atoms with Gasteiger partial charge >= 0.3 is 0 Å². The highest BCUT2D eigenvalue weighted by Crippen LogP contribution is 2.24. The van der Waals surface area contributed by atoms with Gasteiger partial charge in [0.2, 0.25) is 5.79 Å². The lowest BCUT2D eigenvalue weighted by atomic mass is 10.1. The first-order chi connectivity index (χ1) is 7.53. The summed E-state index contributed by atoms with van der Waals surface area (Å²) in [7, 11) is 0. The Balaban J connectivity index is 2.56. The number of hydrogen-bond donors (Lipinski definition) is 3. The van der Waals surface area contributed by atoms with Gasteiger partial charge in [0.15, 0.2) is 0 Å². The molecule has 1 aliphatic rings. The second-order valence-electron chi connectivity index (χ2n) is 3.38. The molecule has 2 rings (SSSR count). The van der Waals surface area contributed by atoms with Gasteiger partial charge in [-0.2, -0.15) is 0 Å². The van der Waals surface area contributed by atoms with E-state index in [-0.39, 0.29) is 11.4 Å². The van der Waals surface area contributed by atoms with Crippen molar-refractivity contribution >= 4 is 5.84 Å². The van der Waals surface area contributed by atoms with Gasteiger partial charge in [0.05, 0.1) is 5.56 Å². The Morgan fingerprint density at radius 2 is 1.88 bits per heavy atom. The fraction of sp³-hybridized carbons (Fsp3) is 0.100. The molecule has 0 aromatic heterocycles. The quantitative estimate of drug-likeness (QED) is 0.650. The molecule has 0 radical (unpaired) electrons. The molecule has 0 saturated heterocycles. The van der Waals surface area contributed by atoms with Gasteiger partial charge in [-0.05, 0) is 18.2 Å². The smallest absolute Gasteiger partial charge is 0.216 e. The van der Waals surface area contributed by atoms with Gasteiger partial charge < -0.3 is 11.1 Å². The van der Waals surface area contributed by atoms with Gasteiger partial charge in [-0.1, -0.05) is 6.07 Å². The SMILES string of the molecule is NC1=NC(N)(c2c(F)cccc2F)NC=C1. The van der Waals surface area contributed by atoms with E-state index in [2.05, 4.69) is 10.3 Å². The number of nitrogens with two attached hydrogens (primary N) is 2. The zero-order valence-corrected chi connectivity index (χ0v) is 8.24. The van der Waals surface area contributed by atoms with Crippen molar-refractivity contribution in [2.75, 3.05) is 0 Å². The van der Waals surface area contributed by atoms with Gasteiger partial charge in [-0.3, -0.25) is 5.73 Å². The number of halogens is 2. The standard InChI is InChI=1S/C10H10F2N4/c11-6-2-1-3-7(12)9(6)10(14)15-5-4-8(13)16-10/h1-5,15H,14H2,(H2,13,16). The molecule has 0 saturated carbocycles. The van der Waals surface area contributed by atoms with Crippen molar-refractivity contribution in [3.05, 3.63) is 47.7 Å². The fourth-order valence-electron chi connectivity index (χ4n) is 1.52. The molecular formula is C10H10F2N4. The van der Waals surface area contributed by atoms with E-state index in [1.165, 1.54) is 18.3 Å². The Morgan fingerprint density at radius 1 is 1.25 bits per heavy atom. The molecule has 5 N–H and O–H groups in total. The molecule has 1 aliphatic heterocycles. The molecule has 0 aliphatic carbocycles. The van der Waals surface area contributed by atoms with E-state index in [0.717, 1.165) is 12.1 Å². The second-order valence-corrected chi connectivity index (χ2v) is 3.38. The normalized spacial score (nSPS) is 23.8. The third-order valence-electron chi connectivity index (χ3n) is 2.21. The summed E-state index contributed by atoms with van der Waals surface area (Å²) in [4.78, 5) is 3.80. The fourth-order valence-corrected chi connectivity index (χ4v) is 1.52. The summed E-state index contributed by atoms with van der Waals surface area (Å²) in [5, 5.41) is 2.57. The first kappa shape index (κ1) is 10.6. The average Bonchev–Trinajstić information content (AvgIpc) is 2.16. The predicted octanol–water partition coefficient (Wildman–Crippen LogP) is 0.508. The van der Waals surface area contributed by atoms with Crippen molar-refractivity contribution in [2.24, 2.45) is 16.5 Å². The molecule has 1 unspecified atom stereocenters. The minimum atomic E-state index is -1.70. The van der Waals surface area contributed by atoms with Crippen LogP contribution in [0.2, 0.25) is 0 Å². The molecule has 1 heterocycles. The number of aliphatic imine (C=N–C) groups is 1. The van der Waals surface area contributed by atoms with Crippen LogP contribution in [-0.2, 0) is 5.79 Å². The molecule has 0 spiro atoms. The Morgan fingerprint density at radius 3 is 2.44 bits per heavy atom. The molecular weight excluding hydrogens is 214 g/mol. The summed E-state index contributed by atoms with van der Waals surface area (Å²) in [6, 6.07) is 3.47. The van der Waals surface area contributed by atoms with Crippen molar-refractivity contribution in [3.8, 4) is 0 Å². The largest absolute Gasteiger partial charge is 0.384 e. The molecule has 84 valence electrons. The molecule has 0 bridgehead atoms. The summed E-state index contributed by atoms with van der Waals surface area (Å²) in [5.41, 5.74) is 10.8. The van der Waals surface area contributed by atoms with Gasteiger partial charge in [0.1, 0.15) is 17.5 Å². The monoisotopic (exact) mass is 224 g/mol. The topological polar surface area (TPSA) is 76.4 Å². The molecule has 16 heavy (non-hydrogen) atoms. The second kappa shape index (κ2) is 3.57. The molecule has 1 aromatic carbocycles. The lowest BCUT2D eigenvalue weighted by Crippen LogP contribution is -2.50. The highest BCUT2D eigenvalue weighted by atomic mass is 19.1. The van der Waals surface area contributed by atoms with Crippen LogP contribution in [0.3, 0.4) is 0 Å². The lowest BCUT2D eigenvalue weighted by Gasteiger charge is -2.29. The summed E-state index contributed by atoms with van der Waals surface area (Å²) in [5.74, 6) is -3.15. The van der Waals surface area contributed by atoms with E-state index in [0.29, 0.717) is 0 Å². The van der Waals surface area contributed by atoms with Crippen LogP contribution in [0.1, 0.15) is 5.56 Å². The molecule has 1 atom stereocenters. The van der Waals surface area contributed by atoms with Crippen LogP contribution in [0.5, 0.6) is 0 Å². The lowest BCUT2D eigenvalue weighted by molar-refractivity contribution is 0.367. The Hall–Kier alpha value is -1.95. The third kappa shape index (κ3) is 1.63. The maximum Gasteiger partial charge on any atom is 0.216 e. The average molecular weight is 224 g/mol. The van der Waals surface area contributed by atoms with Crippen molar-refractivity contribution in [1.82, 2.24) is 5.32 Å². The van der Waals surface area contributed by atoms with Gasteiger partial charge in [0, 0.05) is 6.20 Å². The number of rotatable bonds is 1. The van der Waals surface area contributed by atoms with E-state index in [9.17, 15) is 8.78 Å². The highest BCUT2D eigenvalue weighted by Gasteiger charge is 2.33. The van der Waals surface area contributed by atoms with Crippen LogP contribution in [0.4, 0.5) is 8.78 Å². The van der Waals surface area contributed by atoms with Crippen LogP contribution in [0.15, 0.2) is 35.5 Å². The van der Waals surface area contributed by atoms with Crippen molar-refractivity contribution < 1.29 is 8.78 Å². The number of nitrogens with zero attached hydrogens (tertiary/aromatic N) is 1. The maximum atomic E-state index is 13.5. The summed E-state index contributed by atoms with van der Waals surface area (Å²) in [6.45, 7) is 0. The number of amidine groups is 1. The van der Waals surface area contributed by atoms with E-state index in [4.69, 9.17) is 11.5 Å². The van der Waals surface area contributed by atoms with Crippen molar-refractivity contribution in [1.29, 1.82) is 0 Å². The number of nitrogens with one attached hydrogen (secondary N) is 1. The zero-order valence-electron chi connectivity index (χ0n) is 8.24. The van der Waals surface area contributed by atoms with E-state index >= 15 is 0 Å². The first-order valence-corrected chi connectivity index (χ1v) is 4.56. The number of benzene rings is 1. The summed E-state index contributed by atoms with van der Waals surface area (Å²) in [6.07, 6.45) is 2.85. The van der Waals surface area contributed by atoms with Crippen LogP contribution in [0, 0.1) is 11.6 Å². The maximum absolute atomic E-state index is 13.5. The minimum absolute atomic E-state index is 0.101. The molecule has 4 nitrogen and oxygen atoms in total. The van der Waals surface area contributed by atoms with Crippen molar-refractivity contribution in [2.45, 2.75) is 5.79 Å². The van der Waals surface area contributed by atoms with Crippen LogP contribution < -0.4 is 16.8 Å². The first-order valence-electron chi connectivity index (χ1n) is 4.56. The van der Waals surface area contributed by atoms with Crippen LogP contribution >= 0.6 is 0 Å². The molecule has 6 heteroatoms. The Bertz CT molecular complexity index is 463. The highest BCUT2D eigenvalue weighted by molar-refractivity contribution is 5.92. The summed E-state index contributed by atoms with van der Waals surface area (Å²) >= 11 is 0. The van der Waals surface area contributed by atoms with Crippen LogP contribution in [0.25, 0.3) is 0 Å². The van der Waals surface area contributed by atoms with E-state index in [1.54, 1.807) is 0 Å². The van der Waals surface area contributed by atoms with E-state index < -0.39 is 17.4 Å². The Kier molecular flexibility index (Phi) is 2.35. The third-order valence-corrected chi connectivity index (χ3v) is 2.21. The predicted molar refractivity (Wildman–Crippen MR) is 56.1 cm³/mol. The van der Waals surface area contributed by atoms with E-state index in [1.807, 2.05) is 0 Å². The minimum Gasteiger partial charge on any atom is -0.384 e. The molecule has 0 amide bonds. The van der Waals surface area contributed by atoms with Gasteiger partial charge in [-0.15, -0.1) is 0 Å². The van der Waals surface area contributed by atoms with Crippen LogP contribution in [-0.4, -0.2) is 5.84 Å². The molecule has 0 fully saturated rings. The Labute approximate surface area is 90.7 Å². The van der Waals surface area contributed by atoms with Gasteiger partial charge in [-0.25, -0.2) is 13.8 Å². The number of hydrogen-bond acceptors (Lipinski definition) is 4. The van der Waals surface area contributed by atoms with Crippen molar-refractivity contribution in [3.63, 3.8) is 0 Å². The van der Waals surface area contributed by atoms with Gasteiger partial charge in [0.25, 0.3) is 0 Å². The molecule has 1 aromatic rings. The summed E-state index contributed by atoms with van der Waals surface area (Å²) < 4.78 is 27.0.